The van der Waals surface area contributed by atoms with Gasteiger partial charge in [0.05, 0.1) is 11.9 Å². The number of sulfonamides is 1. The smallest absolute Gasteiger partial charge is 0.242 e. The second-order valence-corrected chi connectivity index (χ2v) is 10.2. The zero-order valence-electron chi connectivity index (χ0n) is 20.3. The van der Waals surface area contributed by atoms with Crippen LogP contribution in [0.4, 0.5) is 14.5 Å². The van der Waals surface area contributed by atoms with Gasteiger partial charge in [-0.3, -0.25) is 13.9 Å². The van der Waals surface area contributed by atoms with Crippen LogP contribution >= 0.6 is 0 Å². The zero-order chi connectivity index (χ0) is 26.0. The molecule has 2 aromatic rings. The van der Waals surface area contributed by atoms with Crippen molar-refractivity contribution >= 4 is 27.5 Å². The van der Waals surface area contributed by atoms with Crippen molar-refractivity contribution in [3.8, 4) is 0 Å². The molecule has 0 aliphatic heterocycles. The molecular weight excluding hydrogens is 476 g/mol. The maximum atomic E-state index is 14.3. The van der Waals surface area contributed by atoms with E-state index in [4.69, 9.17) is 0 Å². The van der Waals surface area contributed by atoms with Gasteiger partial charge in [0, 0.05) is 31.6 Å². The van der Waals surface area contributed by atoms with Gasteiger partial charge in [-0.25, -0.2) is 17.2 Å². The lowest BCUT2D eigenvalue weighted by atomic mass is 10.1. The largest absolute Gasteiger partial charge is 0.354 e. The van der Waals surface area contributed by atoms with Crippen LogP contribution in [-0.4, -0.2) is 50.5 Å². The number of unbranched alkanes of at least 4 members (excludes halogenated alkanes) is 1. The molecule has 0 saturated heterocycles. The molecule has 0 saturated carbocycles. The van der Waals surface area contributed by atoms with Gasteiger partial charge in [0.15, 0.2) is 0 Å². The van der Waals surface area contributed by atoms with Crippen LogP contribution < -0.4 is 9.62 Å². The molecule has 0 radical (unpaired) electrons. The fraction of sp³-hybridized carbons (Fsp3) is 0.440. The van der Waals surface area contributed by atoms with E-state index in [2.05, 4.69) is 5.32 Å². The fourth-order valence-electron chi connectivity index (χ4n) is 3.57. The molecule has 35 heavy (non-hydrogen) atoms. The SMILES string of the molecule is CCCCNC(=O)[C@@H](C)N(Cc1ccccc1F)C(=O)CCCN(c1ccccc1F)S(C)(=O)=O. The zero-order valence-corrected chi connectivity index (χ0v) is 21.2. The van der Waals surface area contributed by atoms with Gasteiger partial charge in [-0.1, -0.05) is 43.7 Å². The Balaban J connectivity index is 2.16. The van der Waals surface area contributed by atoms with Gasteiger partial charge in [0.2, 0.25) is 21.8 Å². The predicted octanol–water partition coefficient (Wildman–Crippen LogP) is 3.84. The van der Waals surface area contributed by atoms with Crippen molar-refractivity contribution < 1.29 is 26.8 Å². The molecule has 0 aliphatic carbocycles. The van der Waals surface area contributed by atoms with Crippen molar-refractivity contribution in [1.29, 1.82) is 0 Å². The third-order valence-corrected chi connectivity index (χ3v) is 6.75. The van der Waals surface area contributed by atoms with E-state index in [1.807, 2.05) is 6.92 Å². The van der Waals surface area contributed by atoms with Gasteiger partial charge in [-0.05, 0) is 38.0 Å². The summed E-state index contributed by atoms with van der Waals surface area (Å²) in [5.41, 5.74) is 0.160. The van der Waals surface area contributed by atoms with Gasteiger partial charge in [0.1, 0.15) is 17.7 Å². The molecule has 192 valence electrons. The van der Waals surface area contributed by atoms with Crippen LogP contribution in [0.2, 0.25) is 0 Å². The minimum absolute atomic E-state index is 0.0815. The molecule has 0 aliphatic rings. The number of hydrogen-bond donors (Lipinski definition) is 1. The molecule has 1 N–H and O–H groups in total. The molecule has 0 heterocycles. The maximum Gasteiger partial charge on any atom is 0.242 e. The van der Waals surface area contributed by atoms with Crippen LogP contribution in [0.25, 0.3) is 0 Å². The molecule has 0 unspecified atom stereocenters. The first-order valence-corrected chi connectivity index (χ1v) is 13.4. The Kier molecular flexibility index (Phi) is 10.6. The number of halogens is 2. The number of rotatable bonds is 13. The second kappa shape index (κ2) is 13.2. The van der Waals surface area contributed by atoms with Crippen molar-refractivity contribution in [2.45, 2.75) is 52.1 Å². The first-order valence-electron chi connectivity index (χ1n) is 11.6. The Hall–Kier alpha value is -3.01. The quantitative estimate of drug-likeness (QED) is 0.416. The van der Waals surface area contributed by atoms with E-state index >= 15 is 0 Å². The molecule has 0 aromatic heterocycles. The van der Waals surface area contributed by atoms with Gasteiger partial charge in [-0.15, -0.1) is 0 Å². The van der Waals surface area contributed by atoms with Gasteiger partial charge < -0.3 is 10.2 Å². The van der Waals surface area contributed by atoms with Crippen LogP contribution in [-0.2, 0) is 26.2 Å². The number of para-hydroxylation sites is 1. The Morgan fingerprint density at radius 1 is 1.00 bits per heavy atom. The molecule has 10 heteroatoms. The van der Waals surface area contributed by atoms with E-state index in [0.717, 1.165) is 29.5 Å². The van der Waals surface area contributed by atoms with Gasteiger partial charge in [0.25, 0.3) is 0 Å². The lowest BCUT2D eigenvalue weighted by Crippen LogP contribution is -2.48. The summed E-state index contributed by atoms with van der Waals surface area (Å²) in [6, 6.07) is 10.6. The minimum Gasteiger partial charge on any atom is -0.354 e. The lowest BCUT2D eigenvalue weighted by molar-refractivity contribution is -0.140. The summed E-state index contributed by atoms with van der Waals surface area (Å²) in [6.45, 7) is 3.79. The van der Waals surface area contributed by atoms with Crippen molar-refractivity contribution in [1.82, 2.24) is 10.2 Å². The summed E-state index contributed by atoms with van der Waals surface area (Å²) < 4.78 is 54.0. The Labute approximate surface area is 206 Å². The molecule has 2 rings (SSSR count). The van der Waals surface area contributed by atoms with Crippen molar-refractivity contribution in [2.24, 2.45) is 0 Å². The number of nitrogens with zero attached hydrogens (tertiary/aromatic N) is 2. The van der Waals surface area contributed by atoms with Crippen molar-refractivity contribution in [2.75, 3.05) is 23.7 Å². The predicted molar refractivity (Wildman–Crippen MR) is 132 cm³/mol. The summed E-state index contributed by atoms with van der Waals surface area (Å²) >= 11 is 0. The summed E-state index contributed by atoms with van der Waals surface area (Å²) in [5, 5.41) is 2.79. The molecule has 2 aromatic carbocycles. The summed E-state index contributed by atoms with van der Waals surface area (Å²) in [5.74, 6) is -1.98. The first kappa shape index (κ1) is 28.2. The lowest BCUT2D eigenvalue weighted by Gasteiger charge is -2.29. The molecule has 2 amide bonds. The maximum absolute atomic E-state index is 14.3. The fourth-order valence-corrected chi connectivity index (χ4v) is 4.53. The highest BCUT2D eigenvalue weighted by molar-refractivity contribution is 7.92. The van der Waals surface area contributed by atoms with Crippen molar-refractivity contribution in [3.63, 3.8) is 0 Å². The standard InChI is InChI=1S/C25H33F2N3O4S/c1-4-5-16-28-25(32)19(2)29(18-20-11-6-7-12-21(20)26)24(31)15-10-17-30(35(3,33)34)23-14-9-8-13-22(23)27/h6-9,11-14,19H,4-5,10,15-18H2,1-3H3,(H,28,32)/t19-/m1/s1. The van der Waals surface area contributed by atoms with E-state index in [1.54, 1.807) is 19.1 Å². The van der Waals surface area contributed by atoms with E-state index in [9.17, 15) is 26.8 Å². The number of nitrogens with one attached hydrogen (secondary N) is 1. The highest BCUT2D eigenvalue weighted by Gasteiger charge is 2.27. The van der Waals surface area contributed by atoms with E-state index < -0.39 is 33.6 Å². The number of carbonyl (C=O) groups excluding carboxylic acids is 2. The topological polar surface area (TPSA) is 86.8 Å². The molecular formula is C25H33F2N3O4S. The highest BCUT2D eigenvalue weighted by Crippen LogP contribution is 2.22. The first-order chi connectivity index (χ1) is 16.6. The van der Waals surface area contributed by atoms with Crippen LogP contribution in [0.15, 0.2) is 48.5 Å². The number of benzene rings is 2. The van der Waals surface area contributed by atoms with Crippen LogP contribution in [0.5, 0.6) is 0 Å². The second-order valence-electron chi connectivity index (χ2n) is 8.32. The summed E-state index contributed by atoms with van der Waals surface area (Å²) in [7, 11) is -3.80. The number of hydrogen-bond acceptors (Lipinski definition) is 4. The number of anilines is 1. The average molecular weight is 510 g/mol. The monoisotopic (exact) mass is 509 g/mol. The van der Waals surface area contributed by atoms with Gasteiger partial charge in [-0.2, -0.15) is 0 Å². The van der Waals surface area contributed by atoms with E-state index in [0.29, 0.717) is 6.54 Å². The number of amides is 2. The molecule has 0 bridgehead atoms. The third kappa shape index (κ3) is 8.31. The normalized spacial score (nSPS) is 12.1. The molecule has 0 fully saturated rings. The Morgan fingerprint density at radius 2 is 1.63 bits per heavy atom. The Morgan fingerprint density at radius 3 is 2.23 bits per heavy atom. The van der Waals surface area contributed by atoms with Gasteiger partial charge >= 0.3 is 0 Å². The van der Waals surface area contributed by atoms with Crippen LogP contribution in [0.3, 0.4) is 0 Å². The molecule has 7 nitrogen and oxygen atoms in total. The third-order valence-electron chi connectivity index (χ3n) is 5.57. The van der Waals surface area contributed by atoms with Crippen LogP contribution in [0, 0.1) is 11.6 Å². The summed E-state index contributed by atoms with van der Waals surface area (Å²) in [4.78, 5) is 27.1. The Bertz CT molecular complexity index is 1110. The number of carbonyl (C=O) groups is 2. The van der Waals surface area contributed by atoms with E-state index in [-0.39, 0.29) is 43.1 Å². The molecule has 1 atom stereocenters. The van der Waals surface area contributed by atoms with E-state index in [1.165, 1.54) is 35.2 Å². The minimum atomic E-state index is -3.80. The summed E-state index contributed by atoms with van der Waals surface area (Å²) in [6.07, 6.45) is 2.62. The average Bonchev–Trinajstić information content (AvgIpc) is 2.80. The van der Waals surface area contributed by atoms with Crippen LogP contribution in [0.1, 0.15) is 45.1 Å². The highest BCUT2D eigenvalue weighted by atomic mass is 32.2. The molecule has 0 spiro atoms. The van der Waals surface area contributed by atoms with Crippen molar-refractivity contribution in [3.05, 3.63) is 65.7 Å².